The zero-order valence-corrected chi connectivity index (χ0v) is 13.7. The van der Waals surface area contributed by atoms with Crippen LogP contribution in [0.5, 0.6) is 0 Å². The standard InChI is InChI=1S/C18H21N3O3/c1-18(2,12-22)16(23)19-14-9-6-10-15(11-14)21-17(24)20-13-7-4-3-5-8-13/h3-11,22H,12H2,1-2H3,(H,19,23)(H2,20,21,24). The van der Waals surface area contributed by atoms with E-state index in [2.05, 4.69) is 16.0 Å². The van der Waals surface area contributed by atoms with Crippen LogP contribution in [0.1, 0.15) is 13.8 Å². The Morgan fingerprint density at radius 1 is 0.875 bits per heavy atom. The van der Waals surface area contributed by atoms with Crippen molar-refractivity contribution < 1.29 is 14.7 Å². The highest BCUT2D eigenvalue weighted by Crippen LogP contribution is 2.20. The second-order valence-corrected chi connectivity index (χ2v) is 6.02. The summed E-state index contributed by atoms with van der Waals surface area (Å²) in [6.45, 7) is 3.05. The molecule has 0 saturated heterocycles. The zero-order valence-electron chi connectivity index (χ0n) is 13.7. The van der Waals surface area contributed by atoms with Crippen molar-refractivity contribution in [3.05, 3.63) is 54.6 Å². The van der Waals surface area contributed by atoms with Crippen molar-refractivity contribution in [1.82, 2.24) is 0 Å². The topological polar surface area (TPSA) is 90.5 Å². The highest BCUT2D eigenvalue weighted by Gasteiger charge is 2.26. The molecule has 3 amide bonds. The summed E-state index contributed by atoms with van der Waals surface area (Å²) in [7, 11) is 0. The van der Waals surface area contributed by atoms with Crippen molar-refractivity contribution in [2.45, 2.75) is 13.8 Å². The Hall–Kier alpha value is -2.86. The fourth-order valence-corrected chi connectivity index (χ4v) is 1.86. The van der Waals surface area contributed by atoms with E-state index in [-0.39, 0.29) is 18.5 Å². The number of benzene rings is 2. The highest BCUT2D eigenvalue weighted by molar-refractivity contribution is 6.00. The number of hydrogen-bond donors (Lipinski definition) is 4. The summed E-state index contributed by atoms with van der Waals surface area (Å²) in [6.07, 6.45) is 0. The molecule has 0 aliphatic rings. The Kier molecular flexibility index (Phi) is 5.55. The summed E-state index contributed by atoms with van der Waals surface area (Å²) < 4.78 is 0. The molecule has 126 valence electrons. The van der Waals surface area contributed by atoms with Gasteiger partial charge in [0.15, 0.2) is 0 Å². The number of rotatable bonds is 5. The smallest absolute Gasteiger partial charge is 0.323 e. The van der Waals surface area contributed by atoms with Crippen LogP contribution in [0.3, 0.4) is 0 Å². The summed E-state index contributed by atoms with van der Waals surface area (Å²) in [6, 6.07) is 15.5. The molecule has 0 unspecified atom stereocenters. The fraction of sp³-hybridized carbons (Fsp3) is 0.222. The Morgan fingerprint density at radius 3 is 2.04 bits per heavy atom. The van der Waals surface area contributed by atoms with Gasteiger partial charge in [-0.1, -0.05) is 24.3 Å². The van der Waals surface area contributed by atoms with E-state index in [9.17, 15) is 14.7 Å². The Bertz CT molecular complexity index is 714. The van der Waals surface area contributed by atoms with E-state index >= 15 is 0 Å². The third-order valence-electron chi connectivity index (χ3n) is 3.42. The van der Waals surface area contributed by atoms with E-state index in [0.29, 0.717) is 17.1 Å². The Labute approximate surface area is 140 Å². The summed E-state index contributed by atoms with van der Waals surface area (Å²) >= 11 is 0. The van der Waals surface area contributed by atoms with E-state index in [1.54, 1.807) is 50.2 Å². The number of anilines is 3. The van der Waals surface area contributed by atoms with Crippen LogP contribution in [-0.2, 0) is 4.79 Å². The number of para-hydroxylation sites is 1. The molecule has 0 heterocycles. The summed E-state index contributed by atoms with van der Waals surface area (Å²) in [5.74, 6) is -0.295. The lowest BCUT2D eigenvalue weighted by atomic mass is 9.93. The quantitative estimate of drug-likeness (QED) is 0.679. The van der Waals surface area contributed by atoms with Crippen molar-refractivity contribution in [1.29, 1.82) is 0 Å². The lowest BCUT2D eigenvalue weighted by Crippen LogP contribution is -2.33. The SMILES string of the molecule is CC(C)(CO)C(=O)Nc1cccc(NC(=O)Nc2ccccc2)c1. The van der Waals surface area contributed by atoms with Gasteiger partial charge in [0, 0.05) is 17.1 Å². The van der Waals surface area contributed by atoms with Crippen LogP contribution in [0.2, 0.25) is 0 Å². The average Bonchev–Trinajstić information content (AvgIpc) is 2.56. The lowest BCUT2D eigenvalue weighted by molar-refractivity contribution is -0.125. The highest BCUT2D eigenvalue weighted by atomic mass is 16.3. The van der Waals surface area contributed by atoms with Crippen LogP contribution in [0.25, 0.3) is 0 Å². The normalized spacial score (nSPS) is 10.8. The minimum Gasteiger partial charge on any atom is -0.395 e. The number of amides is 3. The van der Waals surface area contributed by atoms with Gasteiger partial charge in [-0.3, -0.25) is 4.79 Å². The Balaban J connectivity index is 2.00. The fourth-order valence-electron chi connectivity index (χ4n) is 1.86. The molecular weight excluding hydrogens is 306 g/mol. The number of hydrogen-bond acceptors (Lipinski definition) is 3. The number of carbonyl (C=O) groups excluding carboxylic acids is 2. The van der Waals surface area contributed by atoms with E-state index in [4.69, 9.17) is 0 Å². The van der Waals surface area contributed by atoms with Gasteiger partial charge in [0.25, 0.3) is 0 Å². The minimum absolute atomic E-state index is 0.254. The molecular formula is C18H21N3O3. The van der Waals surface area contributed by atoms with Crippen molar-refractivity contribution in [3.8, 4) is 0 Å². The van der Waals surface area contributed by atoms with Crippen molar-refractivity contribution in [3.63, 3.8) is 0 Å². The molecule has 0 aromatic heterocycles. The molecule has 0 fully saturated rings. The molecule has 2 rings (SSSR count). The predicted octanol–water partition coefficient (Wildman–Crippen LogP) is 3.29. The maximum atomic E-state index is 12.1. The van der Waals surface area contributed by atoms with Gasteiger partial charge in [-0.15, -0.1) is 0 Å². The van der Waals surface area contributed by atoms with Gasteiger partial charge in [-0.2, -0.15) is 0 Å². The van der Waals surface area contributed by atoms with Crippen molar-refractivity contribution in [2.75, 3.05) is 22.6 Å². The molecule has 2 aromatic rings. The third kappa shape index (κ3) is 4.82. The molecule has 0 aliphatic carbocycles. The number of aliphatic hydroxyl groups is 1. The first-order valence-corrected chi connectivity index (χ1v) is 7.56. The molecule has 0 atom stereocenters. The molecule has 6 nitrogen and oxygen atoms in total. The van der Waals surface area contributed by atoms with Gasteiger partial charge in [0.1, 0.15) is 0 Å². The minimum atomic E-state index is -0.881. The van der Waals surface area contributed by atoms with Crippen LogP contribution >= 0.6 is 0 Å². The second kappa shape index (κ2) is 7.61. The average molecular weight is 327 g/mol. The van der Waals surface area contributed by atoms with Crippen molar-refractivity contribution >= 4 is 29.0 Å². The number of aliphatic hydroxyl groups excluding tert-OH is 1. The molecule has 4 N–H and O–H groups in total. The first kappa shape index (κ1) is 17.5. The van der Waals surface area contributed by atoms with E-state index in [1.165, 1.54) is 0 Å². The second-order valence-electron chi connectivity index (χ2n) is 6.02. The molecule has 24 heavy (non-hydrogen) atoms. The summed E-state index contributed by atoms with van der Waals surface area (Å²) in [5, 5.41) is 17.4. The summed E-state index contributed by atoms with van der Waals surface area (Å²) in [5.41, 5.74) is 0.889. The van der Waals surface area contributed by atoms with Gasteiger partial charge >= 0.3 is 6.03 Å². The molecule has 2 aromatic carbocycles. The van der Waals surface area contributed by atoms with E-state index < -0.39 is 5.41 Å². The first-order chi connectivity index (χ1) is 11.4. The number of carbonyl (C=O) groups is 2. The summed E-state index contributed by atoms with van der Waals surface area (Å²) in [4.78, 5) is 24.0. The van der Waals surface area contributed by atoms with E-state index in [1.807, 2.05) is 18.2 Å². The molecule has 0 saturated carbocycles. The number of urea groups is 1. The van der Waals surface area contributed by atoms with Gasteiger partial charge in [0.2, 0.25) is 5.91 Å². The molecule has 0 spiro atoms. The van der Waals surface area contributed by atoms with Crippen LogP contribution in [0.15, 0.2) is 54.6 Å². The maximum absolute atomic E-state index is 12.1. The molecule has 0 aliphatic heterocycles. The van der Waals surface area contributed by atoms with Crippen molar-refractivity contribution in [2.24, 2.45) is 5.41 Å². The van der Waals surface area contributed by atoms with Crippen LogP contribution in [-0.4, -0.2) is 23.7 Å². The van der Waals surface area contributed by atoms with Crippen LogP contribution < -0.4 is 16.0 Å². The molecule has 0 bridgehead atoms. The lowest BCUT2D eigenvalue weighted by Gasteiger charge is -2.20. The maximum Gasteiger partial charge on any atom is 0.323 e. The van der Waals surface area contributed by atoms with Crippen LogP contribution in [0, 0.1) is 5.41 Å². The first-order valence-electron chi connectivity index (χ1n) is 7.56. The van der Waals surface area contributed by atoms with Gasteiger partial charge in [-0.05, 0) is 44.2 Å². The largest absolute Gasteiger partial charge is 0.395 e. The number of nitrogens with one attached hydrogen (secondary N) is 3. The van der Waals surface area contributed by atoms with Gasteiger partial charge < -0.3 is 21.1 Å². The van der Waals surface area contributed by atoms with E-state index in [0.717, 1.165) is 0 Å². The van der Waals surface area contributed by atoms with Gasteiger partial charge in [-0.25, -0.2) is 4.79 Å². The Morgan fingerprint density at radius 2 is 1.42 bits per heavy atom. The monoisotopic (exact) mass is 327 g/mol. The predicted molar refractivity (Wildman–Crippen MR) is 95.0 cm³/mol. The molecule has 0 radical (unpaired) electrons. The van der Waals surface area contributed by atoms with Crippen LogP contribution in [0.4, 0.5) is 21.9 Å². The van der Waals surface area contributed by atoms with Gasteiger partial charge in [0.05, 0.1) is 12.0 Å². The molecule has 6 heteroatoms. The third-order valence-corrected chi connectivity index (χ3v) is 3.42. The zero-order chi connectivity index (χ0) is 17.6.